The maximum Gasteiger partial charge on any atom is 0.193 e. The molecule has 2 heterocycles. The van der Waals surface area contributed by atoms with Crippen molar-refractivity contribution in [1.29, 1.82) is 0 Å². The fourth-order valence-electron chi connectivity index (χ4n) is 4.14. The Balaban J connectivity index is 0.00000243. The molecule has 0 spiro atoms. The van der Waals surface area contributed by atoms with Crippen molar-refractivity contribution in [3.8, 4) is 0 Å². The number of aryl methyl sites for hydroxylation is 1. The Morgan fingerprint density at radius 3 is 2.73 bits per heavy atom. The summed E-state index contributed by atoms with van der Waals surface area (Å²) < 4.78 is 7.78. The van der Waals surface area contributed by atoms with Crippen molar-refractivity contribution < 1.29 is 4.74 Å². The van der Waals surface area contributed by atoms with Crippen molar-refractivity contribution >= 4 is 29.9 Å². The zero-order chi connectivity index (χ0) is 17.9. The fraction of sp³-hybridized carbons (Fsp3) is 0.789. The molecule has 2 fully saturated rings. The maximum absolute atomic E-state index is 5.95. The van der Waals surface area contributed by atoms with Crippen LogP contribution in [-0.4, -0.2) is 53.9 Å². The first-order valence-corrected chi connectivity index (χ1v) is 9.55. The lowest BCUT2D eigenvalue weighted by molar-refractivity contribution is -0.00825. The van der Waals surface area contributed by atoms with E-state index in [-0.39, 0.29) is 30.1 Å². The van der Waals surface area contributed by atoms with Crippen LogP contribution in [0, 0.1) is 11.3 Å². The first-order chi connectivity index (χ1) is 12.0. The quantitative estimate of drug-likeness (QED) is 0.413. The van der Waals surface area contributed by atoms with Gasteiger partial charge < -0.3 is 15.0 Å². The number of ether oxygens (including phenoxy) is 1. The van der Waals surface area contributed by atoms with Crippen LogP contribution in [0.1, 0.15) is 51.2 Å². The van der Waals surface area contributed by atoms with E-state index in [1.165, 1.54) is 25.7 Å². The molecule has 0 bridgehead atoms. The largest absolute Gasteiger partial charge is 0.370 e. The summed E-state index contributed by atoms with van der Waals surface area (Å²) in [4.78, 5) is 6.84. The van der Waals surface area contributed by atoms with Crippen molar-refractivity contribution in [2.75, 3.05) is 33.3 Å². The summed E-state index contributed by atoms with van der Waals surface area (Å²) in [6.45, 7) is 8.16. The smallest absolute Gasteiger partial charge is 0.193 e. The zero-order valence-electron chi connectivity index (χ0n) is 16.6. The number of nitrogens with one attached hydrogen (secondary N) is 1. The minimum absolute atomic E-state index is 0. The molecule has 148 valence electrons. The predicted molar refractivity (Wildman–Crippen MR) is 116 cm³/mol. The number of aliphatic imine (C=N–C) groups is 1. The lowest BCUT2D eigenvalue weighted by atomic mass is 9.78. The standard InChI is InChI=1S/C19H33N5O.HI/c1-19(2,16-7-5-6-8-16)14-21-18(20-3)24-9-10-25-17(13-24)15-11-22-23(4)12-15;/h11-12,16-17H,5-10,13-14H2,1-4H3,(H,20,21);1H. The van der Waals surface area contributed by atoms with Gasteiger partial charge >= 0.3 is 0 Å². The first-order valence-electron chi connectivity index (χ1n) is 9.55. The van der Waals surface area contributed by atoms with Crippen molar-refractivity contribution in [3.05, 3.63) is 18.0 Å². The van der Waals surface area contributed by atoms with Crippen LogP contribution in [0.5, 0.6) is 0 Å². The molecule has 1 atom stereocenters. The summed E-state index contributed by atoms with van der Waals surface area (Å²) in [7, 11) is 3.81. The highest BCUT2D eigenvalue weighted by atomic mass is 127. The van der Waals surface area contributed by atoms with E-state index in [0.29, 0.717) is 12.0 Å². The number of morpholine rings is 1. The van der Waals surface area contributed by atoms with E-state index in [9.17, 15) is 0 Å². The van der Waals surface area contributed by atoms with Crippen LogP contribution in [0.3, 0.4) is 0 Å². The van der Waals surface area contributed by atoms with Gasteiger partial charge in [0.25, 0.3) is 0 Å². The molecular weight excluding hydrogens is 441 g/mol. The van der Waals surface area contributed by atoms with Gasteiger partial charge in [-0.3, -0.25) is 9.67 Å². The predicted octanol–water partition coefficient (Wildman–Crippen LogP) is 3.20. The van der Waals surface area contributed by atoms with Crippen LogP contribution >= 0.6 is 24.0 Å². The summed E-state index contributed by atoms with van der Waals surface area (Å²) in [5.74, 6) is 1.81. The van der Waals surface area contributed by atoms with Crippen LogP contribution < -0.4 is 5.32 Å². The van der Waals surface area contributed by atoms with Gasteiger partial charge in [-0.1, -0.05) is 26.7 Å². The van der Waals surface area contributed by atoms with Crippen molar-refractivity contribution in [2.45, 2.75) is 45.6 Å². The Kier molecular flexibility index (Phi) is 7.76. The number of halogens is 1. The summed E-state index contributed by atoms with van der Waals surface area (Å²) >= 11 is 0. The van der Waals surface area contributed by atoms with Gasteiger partial charge in [-0.15, -0.1) is 24.0 Å². The van der Waals surface area contributed by atoms with E-state index in [1.54, 1.807) is 0 Å². The van der Waals surface area contributed by atoms with Gasteiger partial charge in [0.15, 0.2) is 5.96 Å². The summed E-state index contributed by atoms with van der Waals surface area (Å²) in [6, 6.07) is 0. The Labute approximate surface area is 174 Å². The summed E-state index contributed by atoms with van der Waals surface area (Å²) in [5, 5.41) is 7.90. The normalized spacial score (nSPS) is 22.4. The number of rotatable bonds is 4. The Hall–Kier alpha value is -0.830. The van der Waals surface area contributed by atoms with Crippen molar-refractivity contribution in [1.82, 2.24) is 20.0 Å². The molecule has 1 aliphatic carbocycles. The molecule has 1 unspecified atom stereocenters. The minimum atomic E-state index is 0. The molecule has 3 rings (SSSR count). The van der Waals surface area contributed by atoms with Crippen LogP contribution in [-0.2, 0) is 11.8 Å². The van der Waals surface area contributed by atoms with Gasteiger partial charge in [0.1, 0.15) is 6.10 Å². The third-order valence-corrected chi connectivity index (χ3v) is 5.84. The molecule has 1 N–H and O–H groups in total. The van der Waals surface area contributed by atoms with Gasteiger partial charge in [0.2, 0.25) is 0 Å². The second-order valence-electron chi connectivity index (χ2n) is 8.12. The molecule has 0 aromatic carbocycles. The topological polar surface area (TPSA) is 54.7 Å². The van der Waals surface area contributed by atoms with E-state index in [4.69, 9.17) is 4.74 Å². The monoisotopic (exact) mass is 475 g/mol. The van der Waals surface area contributed by atoms with Crippen molar-refractivity contribution in [3.63, 3.8) is 0 Å². The number of hydrogen-bond donors (Lipinski definition) is 1. The molecule has 1 aromatic rings. The molecule has 7 heteroatoms. The summed E-state index contributed by atoms with van der Waals surface area (Å²) in [6.07, 6.45) is 9.50. The third kappa shape index (κ3) is 5.12. The number of guanidine groups is 1. The average Bonchev–Trinajstić information content (AvgIpc) is 3.27. The molecule has 26 heavy (non-hydrogen) atoms. The van der Waals surface area contributed by atoms with E-state index in [2.05, 4.69) is 34.2 Å². The van der Waals surface area contributed by atoms with E-state index >= 15 is 0 Å². The van der Waals surface area contributed by atoms with Gasteiger partial charge in [-0.05, 0) is 24.2 Å². The first kappa shape index (κ1) is 21.5. The van der Waals surface area contributed by atoms with Crippen LogP contribution in [0.25, 0.3) is 0 Å². The molecule has 6 nitrogen and oxygen atoms in total. The second kappa shape index (κ2) is 9.39. The van der Waals surface area contributed by atoms with E-state index in [0.717, 1.165) is 37.1 Å². The van der Waals surface area contributed by atoms with E-state index < -0.39 is 0 Å². The van der Waals surface area contributed by atoms with Crippen LogP contribution in [0.4, 0.5) is 0 Å². The van der Waals surface area contributed by atoms with Gasteiger partial charge in [-0.2, -0.15) is 5.10 Å². The Morgan fingerprint density at radius 1 is 1.38 bits per heavy atom. The molecule has 0 amide bonds. The highest BCUT2D eigenvalue weighted by molar-refractivity contribution is 14.0. The van der Waals surface area contributed by atoms with Crippen LogP contribution in [0.2, 0.25) is 0 Å². The average molecular weight is 475 g/mol. The van der Waals surface area contributed by atoms with Crippen molar-refractivity contribution in [2.24, 2.45) is 23.4 Å². The molecular formula is C19H34IN5O. The fourth-order valence-corrected chi connectivity index (χ4v) is 4.14. The highest BCUT2D eigenvalue weighted by Gasteiger charge is 2.32. The highest BCUT2D eigenvalue weighted by Crippen LogP contribution is 2.39. The molecule has 1 saturated heterocycles. The Morgan fingerprint density at radius 2 is 2.12 bits per heavy atom. The molecule has 1 aliphatic heterocycles. The van der Waals surface area contributed by atoms with Gasteiger partial charge in [0, 0.05) is 38.9 Å². The molecule has 0 radical (unpaired) electrons. The lowest BCUT2D eigenvalue weighted by Crippen LogP contribution is -2.50. The number of hydrogen-bond acceptors (Lipinski definition) is 3. The number of aromatic nitrogens is 2. The maximum atomic E-state index is 5.95. The van der Waals surface area contributed by atoms with Gasteiger partial charge in [0.05, 0.1) is 19.3 Å². The minimum Gasteiger partial charge on any atom is -0.370 e. The molecule has 1 saturated carbocycles. The molecule has 2 aliphatic rings. The summed E-state index contributed by atoms with van der Waals surface area (Å²) in [5.41, 5.74) is 1.44. The third-order valence-electron chi connectivity index (χ3n) is 5.84. The Bertz CT molecular complexity index is 595. The zero-order valence-corrected chi connectivity index (χ0v) is 18.9. The van der Waals surface area contributed by atoms with Gasteiger partial charge in [-0.25, -0.2) is 0 Å². The number of nitrogens with zero attached hydrogens (tertiary/aromatic N) is 4. The second-order valence-corrected chi connectivity index (χ2v) is 8.12. The lowest BCUT2D eigenvalue weighted by Gasteiger charge is -2.37. The SMILES string of the molecule is CN=C(NCC(C)(C)C1CCCC1)N1CCOC(c2cnn(C)c2)C1.I. The molecule has 1 aromatic heterocycles. The van der Waals surface area contributed by atoms with Crippen LogP contribution in [0.15, 0.2) is 17.4 Å². The van der Waals surface area contributed by atoms with E-state index in [1.807, 2.05) is 31.2 Å².